The number of hydrogen-bond donors (Lipinski definition) is 1. The van der Waals surface area contributed by atoms with Crippen LogP contribution in [0.5, 0.6) is 5.75 Å². The summed E-state index contributed by atoms with van der Waals surface area (Å²) in [6, 6.07) is 7.93. The molecule has 0 aliphatic carbocycles. The monoisotopic (exact) mass is 239 g/mol. The lowest BCUT2D eigenvalue weighted by molar-refractivity contribution is 0.00307. The Bertz CT molecular complexity index is 315. The van der Waals surface area contributed by atoms with E-state index in [1.807, 2.05) is 38.1 Å². The molecule has 0 bridgehead atoms. The molecule has 1 aromatic carbocycles. The van der Waals surface area contributed by atoms with Crippen LogP contribution in [0, 0.1) is 0 Å². The summed E-state index contributed by atoms with van der Waals surface area (Å²) >= 11 is 0. The molecule has 0 radical (unpaired) electrons. The highest BCUT2D eigenvalue weighted by Gasteiger charge is 2.04. The zero-order chi connectivity index (χ0) is 12.5. The van der Waals surface area contributed by atoms with Crippen LogP contribution in [0.25, 0.3) is 0 Å². The lowest BCUT2D eigenvalue weighted by Gasteiger charge is -2.14. The van der Waals surface area contributed by atoms with Crippen molar-refractivity contribution in [2.75, 3.05) is 20.3 Å². The average molecular weight is 239 g/mol. The van der Waals surface area contributed by atoms with E-state index in [-0.39, 0.29) is 6.10 Å². The minimum absolute atomic E-state index is 0.172. The number of ether oxygens (including phenoxy) is 2. The van der Waals surface area contributed by atoms with E-state index >= 15 is 0 Å². The lowest BCUT2D eigenvalue weighted by atomic mass is 10.2. The van der Waals surface area contributed by atoms with Gasteiger partial charge in [0.2, 0.25) is 0 Å². The van der Waals surface area contributed by atoms with Gasteiger partial charge in [0.1, 0.15) is 5.75 Å². The Kier molecular flexibility index (Phi) is 6.62. The van der Waals surface area contributed by atoms with Gasteiger partial charge in [-0.05, 0) is 19.9 Å². The summed E-state index contributed by atoms with van der Waals surface area (Å²) in [7, 11) is 1.65. The fourth-order valence-corrected chi connectivity index (χ4v) is 1.34. The molecule has 0 aliphatic heterocycles. The van der Waals surface area contributed by atoms with E-state index in [2.05, 4.69) is 5.48 Å². The topological polar surface area (TPSA) is 39.7 Å². The lowest BCUT2D eigenvalue weighted by Crippen LogP contribution is -2.18. The molecule has 0 fully saturated rings. The van der Waals surface area contributed by atoms with Crippen LogP contribution in [0.4, 0.5) is 0 Å². The highest BCUT2D eigenvalue weighted by molar-refractivity contribution is 5.33. The fraction of sp³-hybridized carbons (Fsp3) is 0.538. The first kappa shape index (κ1) is 14.0. The van der Waals surface area contributed by atoms with Gasteiger partial charge in [-0.2, -0.15) is 5.48 Å². The molecule has 0 saturated carbocycles. The summed E-state index contributed by atoms with van der Waals surface area (Å²) < 4.78 is 10.6. The molecule has 17 heavy (non-hydrogen) atoms. The maximum Gasteiger partial charge on any atom is 0.124 e. The minimum atomic E-state index is 0.172. The highest BCUT2D eigenvalue weighted by Crippen LogP contribution is 2.18. The van der Waals surface area contributed by atoms with Crippen molar-refractivity contribution >= 4 is 0 Å². The molecular weight excluding hydrogens is 218 g/mol. The van der Waals surface area contributed by atoms with Crippen LogP contribution in [0.1, 0.15) is 19.4 Å². The van der Waals surface area contributed by atoms with Crippen LogP contribution in [-0.4, -0.2) is 26.4 Å². The number of benzene rings is 1. The summed E-state index contributed by atoms with van der Waals surface area (Å²) in [6.45, 7) is 5.76. The van der Waals surface area contributed by atoms with E-state index in [9.17, 15) is 0 Å². The number of hydroxylamine groups is 1. The Morgan fingerprint density at radius 1 is 1.18 bits per heavy atom. The van der Waals surface area contributed by atoms with Gasteiger partial charge in [-0.3, -0.25) is 4.84 Å². The summed E-state index contributed by atoms with van der Waals surface area (Å²) in [5.74, 6) is 0.894. The zero-order valence-corrected chi connectivity index (χ0v) is 10.7. The van der Waals surface area contributed by atoms with E-state index in [1.54, 1.807) is 7.11 Å². The van der Waals surface area contributed by atoms with Gasteiger partial charge >= 0.3 is 0 Å². The normalized spacial score (nSPS) is 10.8. The van der Waals surface area contributed by atoms with Crippen molar-refractivity contribution in [3.8, 4) is 5.75 Å². The van der Waals surface area contributed by atoms with Crippen molar-refractivity contribution < 1.29 is 14.3 Å². The molecule has 96 valence electrons. The third kappa shape index (κ3) is 5.68. The van der Waals surface area contributed by atoms with E-state index in [1.165, 1.54) is 0 Å². The molecule has 1 aromatic rings. The number of hydrogen-bond acceptors (Lipinski definition) is 4. The van der Waals surface area contributed by atoms with Gasteiger partial charge in [0, 0.05) is 19.2 Å². The summed E-state index contributed by atoms with van der Waals surface area (Å²) in [6.07, 6.45) is 0.172. The summed E-state index contributed by atoms with van der Waals surface area (Å²) in [5.41, 5.74) is 3.97. The van der Waals surface area contributed by atoms with E-state index in [4.69, 9.17) is 14.3 Å². The predicted molar refractivity (Wildman–Crippen MR) is 66.9 cm³/mol. The summed E-state index contributed by atoms with van der Waals surface area (Å²) in [4.78, 5) is 5.21. The quantitative estimate of drug-likeness (QED) is 0.557. The second-order valence-corrected chi connectivity index (χ2v) is 3.94. The van der Waals surface area contributed by atoms with Gasteiger partial charge in [0.25, 0.3) is 0 Å². The average Bonchev–Trinajstić information content (AvgIpc) is 2.30. The molecular formula is C13H21NO3. The molecule has 0 atom stereocenters. The third-order valence-electron chi connectivity index (χ3n) is 2.09. The predicted octanol–water partition coefficient (Wildman–Crippen LogP) is 2.14. The number of para-hydroxylation sites is 1. The van der Waals surface area contributed by atoms with Crippen molar-refractivity contribution in [2.45, 2.75) is 26.5 Å². The first-order chi connectivity index (χ1) is 8.24. The first-order valence-electron chi connectivity index (χ1n) is 5.82. The molecule has 4 nitrogen and oxygen atoms in total. The van der Waals surface area contributed by atoms with Crippen LogP contribution in [0.3, 0.4) is 0 Å². The van der Waals surface area contributed by atoms with Crippen LogP contribution < -0.4 is 10.2 Å². The molecule has 0 aromatic heterocycles. The van der Waals surface area contributed by atoms with Crippen LogP contribution in [-0.2, 0) is 16.1 Å². The third-order valence-corrected chi connectivity index (χ3v) is 2.09. The van der Waals surface area contributed by atoms with Gasteiger partial charge in [-0.25, -0.2) is 0 Å². The first-order valence-corrected chi connectivity index (χ1v) is 5.82. The Labute approximate surface area is 103 Å². The van der Waals surface area contributed by atoms with Crippen LogP contribution in [0.2, 0.25) is 0 Å². The SMILES string of the molecule is COCCONCc1ccccc1OC(C)C. The van der Waals surface area contributed by atoms with Crippen LogP contribution >= 0.6 is 0 Å². The van der Waals surface area contributed by atoms with Gasteiger partial charge in [-0.1, -0.05) is 18.2 Å². The maximum absolute atomic E-state index is 5.70. The smallest absolute Gasteiger partial charge is 0.124 e. The van der Waals surface area contributed by atoms with Crippen LogP contribution in [0.15, 0.2) is 24.3 Å². The number of rotatable bonds is 8. The molecule has 0 spiro atoms. The Morgan fingerprint density at radius 3 is 2.65 bits per heavy atom. The Morgan fingerprint density at radius 2 is 1.94 bits per heavy atom. The largest absolute Gasteiger partial charge is 0.491 e. The number of nitrogens with one attached hydrogen (secondary N) is 1. The molecule has 4 heteroatoms. The fourth-order valence-electron chi connectivity index (χ4n) is 1.34. The van der Waals surface area contributed by atoms with E-state index in [0.29, 0.717) is 19.8 Å². The summed E-state index contributed by atoms with van der Waals surface area (Å²) in [5, 5.41) is 0. The second kappa shape index (κ2) is 8.06. The molecule has 0 heterocycles. The molecule has 0 saturated heterocycles. The molecule has 0 amide bonds. The standard InChI is InChI=1S/C13H21NO3/c1-11(2)17-13-7-5-4-6-12(13)10-14-16-9-8-15-3/h4-7,11,14H,8-10H2,1-3H3. The van der Waals surface area contributed by atoms with E-state index < -0.39 is 0 Å². The van der Waals surface area contributed by atoms with E-state index in [0.717, 1.165) is 11.3 Å². The molecule has 1 rings (SSSR count). The number of methoxy groups -OCH3 is 1. The Hall–Kier alpha value is -1.10. The van der Waals surface area contributed by atoms with Crippen molar-refractivity contribution in [2.24, 2.45) is 0 Å². The van der Waals surface area contributed by atoms with Crippen molar-refractivity contribution in [3.05, 3.63) is 29.8 Å². The van der Waals surface area contributed by atoms with Gasteiger partial charge in [-0.15, -0.1) is 0 Å². The molecule has 0 aliphatic rings. The van der Waals surface area contributed by atoms with Crippen molar-refractivity contribution in [3.63, 3.8) is 0 Å². The zero-order valence-electron chi connectivity index (χ0n) is 10.7. The molecule has 0 unspecified atom stereocenters. The Balaban J connectivity index is 2.40. The minimum Gasteiger partial charge on any atom is -0.491 e. The van der Waals surface area contributed by atoms with Crippen molar-refractivity contribution in [1.82, 2.24) is 5.48 Å². The van der Waals surface area contributed by atoms with Gasteiger partial charge < -0.3 is 9.47 Å². The maximum atomic E-state index is 5.70. The highest BCUT2D eigenvalue weighted by atomic mass is 16.7. The molecule has 1 N–H and O–H groups in total. The van der Waals surface area contributed by atoms with Gasteiger partial charge in [0.15, 0.2) is 0 Å². The van der Waals surface area contributed by atoms with Crippen molar-refractivity contribution in [1.29, 1.82) is 0 Å². The second-order valence-electron chi connectivity index (χ2n) is 3.94. The van der Waals surface area contributed by atoms with Gasteiger partial charge in [0.05, 0.1) is 19.3 Å².